The number of rotatable bonds is 6. The minimum atomic E-state index is -4.49. The lowest BCUT2D eigenvalue weighted by Crippen LogP contribution is -2.30. The van der Waals surface area contributed by atoms with Gasteiger partial charge in [-0.05, 0) is 78.4 Å². The van der Waals surface area contributed by atoms with Crippen LogP contribution in [0.4, 0.5) is 36.8 Å². The number of hydrogen-bond acceptors (Lipinski definition) is 3. The molecule has 1 aliphatic heterocycles. The molecule has 1 N–H and O–H groups in total. The van der Waals surface area contributed by atoms with Crippen LogP contribution in [0, 0.1) is 0 Å². The summed E-state index contributed by atoms with van der Waals surface area (Å²) in [4.78, 5) is 13.8. The molecule has 0 unspecified atom stereocenters. The Kier molecular flexibility index (Phi) is 8.88. The van der Waals surface area contributed by atoms with Gasteiger partial charge in [-0.25, -0.2) is 4.79 Å². The van der Waals surface area contributed by atoms with Gasteiger partial charge in [-0.3, -0.25) is 10.2 Å². The number of anilines is 1. The fourth-order valence-electron chi connectivity index (χ4n) is 4.69. The highest BCUT2D eigenvalue weighted by Gasteiger charge is 2.31. The van der Waals surface area contributed by atoms with Crippen LogP contribution in [0.2, 0.25) is 0 Å². The molecule has 1 aliphatic rings. The van der Waals surface area contributed by atoms with Crippen LogP contribution in [-0.4, -0.2) is 30.7 Å². The Morgan fingerprint density at radius 1 is 0.775 bits per heavy atom. The second-order valence-corrected chi connectivity index (χ2v) is 9.45. The Labute approximate surface area is 228 Å². The zero-order valence-corrected chi connectivity index (χ0v) is 21.7. The van der Waals surface area contributed by atoms with E-state index in [4.69, 9.17) is 4.74 Å². The molecule has 0 aromatic heterocycles. The highest BCUT2D eigenvalue weighted by atomic mass is 19.4. The number of piperidine rings is 1. The minimum absolute atomic E-state index is 0.273. The van der Waals surface area contributed by atoms with Gasteiger partial charge in [0.25, 0.3) is 0 Å². The van der Waals surface area contributed by atoms with Crippen LogP contribution in [-0.2, 0) is 23.6 Å². The predicted octanol–water partition coefficient (Wildman–Crippen LogP) is 8.39. The number of likely N-dealkylation sites (tertiary alicyclic amines) is 1. The molecule has 1 fully saturated rings. The van der Waals surface area contributed by atoms with E-state index in [-0.39, 0.29) is 6.61 Å². The van der Waals surface area contributed by atoms with E-state index in [1.165, 1.54) is 24.3 Å². The third-order valence-corrected chi connectivity index (χ3v) is 6.70. The summed E-state index contributed by atoms with van der Waals surface area (Å²) in [6, 6.07) is 16.9. The fourth-order valence-corrected chi connectivity index (χ4v) is 4.69. The summed E-state index contributed by atoms with van der Waals surface area (Å²) in [5.74, 6) is 0. The number of benzene rings is 3. The van der Waals surface area contributed by atoms with Crippen LogP contribution in [0.1, 0.15) is 47.6 Å². The molecule has 212 valence electrons. The molecule has 3 aromatic rings. The van der Waals surface area contributed by atoms with E-state index in [9.17, 15) is 31.1 Å². The smallest absolute Gasteiger partial charge is 0.416 e. The van der Waals surface area contributed by atoms with Crippen LogP contribution >= 0.6 is 0 Å². The molecule has 4 nitrogen and oxygen atoms in total. The van der Waals surface area contributed by atoms with Crippen molar-refractivity contribution in [2.75, 3.05) is 25.0 Å². The van der Waals surface area contributed by atoms with Crippen molar-refractivity contribution in [2.24, 2.45) is 0 Å². The minimum Gasteiger partial charge on any atom is -0.450 e. The Balaban J connectivity index is 1.53. The summed E-state index contributed by atoms with van der Waals surface area (Å²) >= 11 is 0. The monoisotopic (exact) mass is 562 g/mol. The second-order valence-electron chi connectivity index (χ2n) is 9.45. The molecule has 0 saturated carbocycles. The van der Waals surface area contributed by atoms with Crippen molar-refractivity contribution in [2.45, 2.75) is 38.7 Å². The molecule has 0 atom stereocenters. The lowest BCUT2D eigenvalue weighted by Gasteiger charge is -2.30. The molecule has 1 heterocycles. The van der Waals surface area contributed by atoms with Crippen molar-refractivity contribution in [1.82, 2.24) is 4.90 Å². The first-order valence-electron chi connectivity index (χ1n) is 12.8. The molecule has 0 radical (unpaired) electrons. The number of hydrogen-bond donors (Lipinski definition) is 1. The van der Waals surface area contributed by atoms with Crippen molar-refractivity contribution in [1.29, 1.82) is 0 Å². The van der Waals surface area contributed by atoms with Crippen LogP contribution in [0.25, 0.3) is 5.57 Å². The average Bonchev–Trinajstić information content (AvgIpc) is 2.91. The van der Waals surface area contributed by atoms with Gasteiger partial charge in [0.05, 0.1) is 17.7 Å². The number of nitrogens with one attached hydrogen (secondary N) is 1. The maximum absolute atomic E-state index is 13.1. The van der Waals surface area contributed by atoms with Crippen LogP contribution in [0.5, 0.6) is 0 Å². The zero-order valence-electron chi connectivity index (χ0n) is 21.7. The lowest BCUT2D eigenvalue weighted by molar-refractivity contribution is -0.138. The quantitative estimate of drug-likeness (QED) is 0.307. The molecule has 3 aromatic carbocycles. The number of amides is 1. The van der Waals surface area contributed by atoms with Crippen molar-refractivity contribution in [3.8, 4) is 0 Å². The van der Waals surface area contributed by atoms with Crippen LogP contribution < -0.4 is 5.32 Å². The molecule has 0 bridgehead atoms. The van der Waals surface area contributed by atoms with Crippen LogP contribution in [0.3, 0.4) is 0 Å². The molecule has 1 saturated heterocycles. The summed E-state index contributed by atoms with van der Waals surface area (Å²) in [5.41, 5.74) is 2.77. The third kappa shape index (κ3) is 7.44. The van der Waals surface area contributed by atoms with E-state index in [1.807, 2.05) is 12.1 Å². The molecular formula is C30H28F6N2O2. The van der Waals surface area contributed by atoms with Crippen molar-refractivity contribution in [3.63, 3.8) is 0 Å². The lowest BCUT2D eigenvalue weighted by atomic mass is 9.87. The van der Waals surface area contributed by atoms with Gasteiger partial charge in [0.2, 0.25) is 0 Å². The molecule has 40 heavy (non-hydrogen) atoms. The maximum Gasteiger partial charge on any atom is 0.416 e. The standard InChI is InChI=1S/C30H28F6N2O2/c1-2-40-28(39)37-26-13-3-20(4-14-26)19-38-17-15-23(16-18-38)27(21-5-9-24(10-6-21)29(31,32)33)22-7-11-25(12-8-22)30(34,35)36/h3-14H,2,15-19H2,1H3,(H,37,39). The van der Waals surface area contributed by atoms with E-state index < -0.39 is 29.6 Å². The number of carbonyl (C=O) groups excluding carboxylic acids is 1. The number of carbonyl (C=O) groups is 1. The summed E-state index contributed by atoms with van der Waals surface area (Å²) in [5, 5.41) is 2.64. The van der Waals surface area contributed by atoms with E-state index in [1.54, 1.807) is 19.1 Å². The van der Waals surface area contributed by atoms with Crippen molar-refractivity contribution >= 4 is 17.4 Å². The third-order valence-electron chi connectivity index (χ3n) is 6.70. The molecule has 4 rings (SSSR count). The average molecular weight is 563 g/mol. The Bertz CT molecular complexity index is 1260. The van der Waals surface area contributed by atoms with Gasteiger partial charge in [-0.1, -0.05) is 42.0 Å². The first-order chi connectivity index (χ1) is 18.9. The van der Waals surface area contributed by atoms with Crippen LogP contribution in [0.15, 0.2) is 78.4 Å². The van der Waals surface area contributed by atoms with Gasteiger partial charge in [0.15, 0.2) is 0 Å². The van der Waals surface area contributed by atoms with E-state index in [2.05, 4.69) is 10.2 Å². The summed E-state index contributed by atoms with van der Waals surface area (Å²) in [6.07, 6.45) is -8.28. The van der Waals surface area contributed by atoms with Gasteiger partial charge in [0, 0.05) is 25.3 Å². The van der Waals surface area contributed by atoms with Gasteiger partial charge in [-0.15, -0.1) is 0 Å². The highest BCUT2D eigenvalue weighted by Crippen LogP contribution is 2.37. The SMILES string of the molecule is CCOC(=O)Nc1ccc(CN2CCC(=C(c3ccc(C(F)(F)F)cc3)c3ccc(C(F)(F)F)cc3)CC2)cc1. The van der Waals surface area contributed by atoms with Gasteiger partial charge in [-0.2, -0.15) is 26.3 Å². The molecule has 0 aliphatic carbocycles. The maximum atomic E-state index is 13.1. The summed E-state index contributed by atoms with van der Waals surface area (Å²) in [6.45, 7) is 3.99. The summed E-state index contributed by atoms with van der Waals surface area (Å²) in [7, 11) is 0. The van der Waals surface area contributed by atoms with Gasteiger partial charge < -0.3 is 4.74 Å². The largest absolute Gasteiger partial charge is 0.450 e. The fraction of sp³-hybridized carbons (Fsp3) is 0.300. The Hall–Kier alpha value is -3.79. The Morgan fingerprint density at radius 3 is 1.68 bits per heavy atom. The highest BCUT2D eigenvalue weighted by molar-refractivity contribution is 5.84. The molecule has 10 heteroatoms. The van der Waals surface area contributed by atoms with E-state index >= 15 is 0 Å². The van der Waals surface area contributed by atoms with E-state index in [0.717, 1.165) is 35.4 Å². The number of halogens is 6. The zero-order chi connectivity index (χ0) is 28.9. The summed E-state index contributed by atoms with van der Waals surface area (Å²) < 4.78 is 83.7. The first kappa shape index (κ1) is 29.2. The second kappa shape index (κ2) is 12.2. The van der Waals surface area contributed by atoms with Gasteiger partial charge in [0.1, 0.15) is 0 Å². The van der Waals surface area contributed by atoms with Crippen molar-refractivity contribution < 1.29 is 35.9 Å². The van der Waals surface area contributed by atoms with Gasteiger partial charge >= 0.3 is 18.4 Å². The normalized spacial score (nSPS) is 14.6. The predicted molar refractivity (Wildman–Crippen MR) is 141 cm³/mol. The number of nitrogens with zero attached hydrogens (tertiary/aromatic N) is 1. The first-order valence-corrected chi connectivity index (χ1v) is 12.8. The molecule has 0 spiro atoms. The van der Waals surface area contributed by atoms with E-state index in [0.29, 0.717) is 54.9 Å². The number of ether oxygens (including phenoxy) is 1. The Morgan fingerprint density at radius 2 is 1.25 bits per heavy atom. The topological polar surface area (TPSA) is 41.6 Å². The number of alkyl halides is 6. The molecular weight excluding hydrogens is 534 g/mol. The molecule has 1 amide bonds. The van der Waals surface area contributed by atoms with Crippen molar-refractivity contribution in [3.05, 3.63) is 106 Å².